The first-order chi connectivity index (χ1) is 23.9. The molecule has 0 aromatic rings. The average molecular weight is 731 g/mol. The minimum Gasteiger partial charge on any atom is -0.462 e. The fourth-order valence-electron chi connectivity index (χ4n) is 12.0. The van der Waals surface area contributed by atoms with Gasteiger partial charge in [0.2, 0.25) is 6.29 Å². The van der Waals surface area contributed by atoms with Crippen LogP contribution in [0, 0.1) is 39.4 Å². The van der Waals surface area contributed by atoms with Crippen molar-refractivity contribution in [1.29, 1.82) is 0 Å². The third kappa shape index (κ3) is 6.28. The summed E-state index contributed by atoms with van der Waals surface area (Å²) in [6, 6.07) is 0. The van der Waals surface area contributed by atoms with Gasteiger partial charge in [-0.15, -0.1) is 0 Å². The van der Waals surface area contributed by atoms with Gasteiger partial charge in [0.25, 0.3) is 0 Å². The summed E-state index contributed by atoms with van der Waals surface area (Å²) in [7, 11) is 0. The van der Waals surface area contributed by atoms with Crippen LogP contribution >= 0.6 is 0 Å². The predicted molar refractivity (Wildman–Crippen MR) is 186 cm³/mol. The Morgan fingerprint density at radius 2 is 1.46 bits per heavy atom. The van der Waals surface area contributed by atoms with Crippen LogP contribution in [-0.4, -0.2) is 71.4 Å². The number of allylic oxidation sites excluding steroid dienone is 1. The quantitative estimate of drug-likeness (QED) is 0.164. The fourth-order valence-corrected chi connectivity index (χ4v) is 12.0. The SMILES string of the molecule is CC(=O)O[C@@H]1O[C@@H]([C@H](OC(C)=O)C(C)(C)OC(C)=O)C[C@@]1(OC(C)=O)[C@@H]1CC=C2[C@@]3(C)[C@H](CC[C@]21C)[C@@]1(C)CCC(=O)C(C)(C)[C@@H]1C[C@H]3OC(C)=O. The Balaban J connectivity index is 1.63. The van der Waals surface area contributed by atoms with Gasteiger partial charge >= 0.3 is 29.8 Å². The highest BCUT2D eigenvalue weighted by molar-refractivity contribution is 5.85. The Bertz CT molecular complexity index is 1560. The van der Waals surface area contributed by atoms with Crippen molar-refractivity contribution >= 4 is 35.6 Å². The molecule has 0 spiro atoms. The number of hydrogen-bond acceptors (Lipinski definition) is 12. The largest absolute Gasteiger partial charge is 0.462 e. The predicted octanol–water partition coefficient (Wildman–Crippen LogP) is 5.96. The molecule has 11 atom stereocenters. The van der Waals surface area contributed by atoms with Gasteiger partial charge in [0.1, 0.15) is 23.6 Å². The molecule has 12 nitrogen and oxygen atoms in total. The third-order valence-electron chi connectivity index (χ3n) is 13.8. The lowest BCUT2D eigenvalue weighted by Gasteiger charge is -2.68. The zero-order valence-corrected chi connectivity index (χ0v) is 33.0. The molecule has 1 saturated heterocycles. The van der Waals surface area contributed by atoms with Gasteiger partial charge in [0.05, 0.1) is 0 Å². The Labute approximate surface area is 307 Å². The van der Waals surface area contributed by atoms with E-state index in [1.807, 2.05) is 13.8 Å². The van der Waals surface area contributed by atoms with Crippen molar-refractivity contribution in [1.82, 2.24) is 0 Å². The maximum Gasteiger partial charge on any atom is 0.305 e. The number of ketones is 1. The molecule has 0 radical (unpaired) electrons. The maximum absolute atomic E-state index is 13.3. The Morgan fingerprint density at radius 3 is 2.02 bits per heavy atom. The second kappa shape index (κ2) is 13.2. The van der Waals surface area contributed by atoms with Crippen molar-refractivity contribution in [2.24, 2.45) is 39.4 Å². The first-order valence-corrected chi connectivity index (χ1v) is 18.7. The monoisotopic (exact) mass is 730 g/mol. The lowest BCUT2D eigenvalue weighted by atomic mass is 9.37. The fraction of sp³-hybridized carbons (Fsp3) is 0.800. The minimum atomic E-state index is -1.54. The van der Waals surface area contributed by atoms with Gasteiger partial charge in [-0.1, -0.05) is 46.3 Å². The summed E-state index contributed by atoms with van der Waals surface area (Å²) in [5.74, 6) is -3.05. The molecule has 3 saturated carbocycles. The third-order valence-corrected chi connectivity index (χ3v) is 13.8. The van der Waals surface area contributed by atoms with Crippen molar-refractivity contribution in [3.05, 3.63) is 11.6 Å². The van der Waals surface area contributed by atoms with Crippen molar-refractivity contribution < 1.29 is 57.2 Å². The highest BCUT2D eigenvalue weighted by Crippen LogP contribution is 2.74. The summed E-state index contributed by atoms with van der Waals surface area (Å²) in [5.41, 5.74) is -3.88. The second-order valence-corrected chi connectivity index (χ2v) is 17.8. The Hall–Kier alpha value is -3.28. The first kappa shape index (κ1) is 39.9. The first-order valence-electron chi connectivity index (χ1n) is 18.7. The molecule has 5 aliphatic rings. The molecule has 52 heavy (non-hydrogen) atoms. The van der Waals surface area contributed by atoms with Crippen LogP contribution < -0.4 is 0 Å². The van der Waals surface area contributed by atoms with E-state index >= 15 is 0 Å². The van der Waals surface area contributed by atoms with E-state index in [9.17, 15) is 28.8 Å². The van der Waals surface area contributed by atoms with E-state index in [0.717, 1.165) is 18.4 Å². The van der Waals surface area contributed by atoms with Gasteiger partial charge in [0.15, 0.2) is 11.7 Å². The van der Waals surface area contributed by atoms with Crippen molar-refractivity contribution in [3.8, 4) is 0 Å². The topological polar surface area (TPSA) is 158 Å². The summed E-state index contributed by atoms with van der Waals surface area (Å²) in [6.07, 6.45) is 1.74. The molecule has 0 N–H and O–H groups in total. The van der Waals surface area contributed by atoms with E-state index in [2.05, 4.69) is 26.8 Å². The number of carbonyl (C=O) groups is 6. The molecule has 0 aromatic heterocycles. The number of carbonyl (C=O) groups excluding carboxylic acids is 6. The van der Waals surface area contributed by atoms with Gasteiger partial charge in [-0.2, -0.15) is 0 Å². The van der Waals surface area contributed by atoms with Crippen LogP contribution in [0.5, 0.6) is 0 Å². The van der Waals surface area contributed by atoms with Crippen LogP contribution in [-0.2, 0) is 57.2 Å². The van der Waals surface area contributed by atoms with E-state index in [4.69, 9.17) is 28.4 Å². The van der Waals surface area contributed by atoms with E-state index in [0.29, 0.717) is 25.7 Å². The van der Waals surface area contributed by atoms with Crippen molar-refractivity contribution in [3.63, 3.8) is 0 Å². The summed E-state index contributed by atoms with van der Waals surface area (Å²) < 4.78 is 36.3. The molecule has 4 aliphatic carbocycles. The van der Waals surface area contributed by atoms with E-state index < -0.39 is 81.8 Å². The lowest BCUT2D eigenvalue weighted by molar-refractivity contribution is -0.246. The molecule has 1 aliphatic heterocycles. The van der Waals surface area contributed by atoms with Crippen LogP contribution in [0.15, 0.2) is 11.6 Å². The molecule has 4 fully saturated rings. The summed E-state index contributed by atoms with van der Waals surface area (Å²) in [6.45, 7) is 20.3. The van der Waals surface area contributed by atoms with Crippen molar-refractivity contribution in [2.45, 2.75) is 164 Å². The normalized spacial score (nSPS) is 39.8. The van der Waals surface area contributed by atoms with Crippen molar-refractivity contribution in [2.75, 3.05) is 0 Å². The zero-order valence-electron chi connectivity index (χ0n) is 33.0. The number of ether oxygens (including phenoxy) is 6. The molecule has 12 heteroatoms. The number of rotatable bonds is 8. The maximum atomic E-state index is 13.3. The molecular formula is C40H58O12. The summed E-state index contributed by atoms with van der Waals surface area (Å²) >= 11 is 0. The van der Waals surface area contributed by atoms with Crippen LogP contribution in [0.3, 0.4) is 0 Å². The van der Waals surface area contributed by atoms with E-state index in [-0.39, 0.29) is 35.4 Å². The smallest absolute Gasteiger partial charge is 0.305 e. The van der Waals surface area contributed by atoms with Gasteiger partial charge < -0.3 is 28.4 Å². The molecule has 0 unspecified atom stereocenters. The summed E-state index contributed by atoms with van der Waals surface area (Å²) in [5, 5.41) is 0. The summed E-state index contributed by atoms with van der Waals surface area (Å²) in [4.78, 5) is 76.5. The van der Waals surface area contributed by atoms with Crippen LogP contribution in [0.1, 0.15) is 128 Å². The molecule has 0 aromatic carbocycles. The number of fused-ring (bicyclic) bond motifs is 5. The number of Topliss-reactive ketones (excluding diaryl/α,β-unsaturated/α-hetero) is 1. The van der Waals surface area contributed by atoms with Crippen LogP contribution in [0.2, 0.25) is 0 Å². The van der Waals surface area contributed by atoms with E-state index in [1.165, 1.54) is 34.6 Å². The molecule has 0 bridgehead atoms. The number of esters is 5. The molecule has 290 valence electrons. The van der Waals surface area contributed by atoms with Crippen LogP contribution in [0.4, 0.5) is 0 Å². The molecule has 5 rings (SSSR count). The van der Waals surface area contributed by atoms with Gasteiger partial charge in [0, 0.05) is 64.2 Å². The second-order valence-electron chi connectivity index (χ2n) is 17.8. The highest BCUT2D eigenvalue weighted by Gasteiger charge is 2.73. The highest BCUT2D eigenvalue weighted by atomic mass is 16.7. The van der Waals surface area contributed by atoms with Gasteiger partial charge in [-0.25, -0.2) is 0 Å². The van der Waals surface area contributed by atoms with Gasteiger partial charge in [-0.05, 0) is 68.6 Å². The van der Waals surface area contributed by atoms with E-state index in [1.54, 1.807) is 13.8 Å². The lowest BCUT2D eigenvalue weighted by Crippen LogP contribution is -2.66. The van der Waals surface area contributed by atoms with Crippen LogP contribution in [0.25, 0.3) is 0 Å². The Kier molecular flexibility index (Phi) is 10.2. The zero-order chi connectivity index (χ0) is 39.0. The molecule has 1 heterocycles. The minimum absolute atomic E-state index is 0.00865. The average Bonchev–Trinajstić information content (AvgIpc) is 3.52. The number of hydrogen-bond donors (Lipinski definition) is 0. The Morgan fingerprint density at radius 1 is 0.827 bits per heavy atom. The van der Waals surface area contributed by atoms with Gasteiger partial charge in [-0.3, -0.25) is 28.8 Å². The molecule has 0 amide bonds. The standard InChI is InChI=1S/C40H58O12/c1-21(41)47-32-19-30-35(6,7)31(46)16-18-38(30,11)28-15-17-37(10)27(39(28,32)12)13-14-29(37)40(52-25(5)45)20-26(50-34(40)49-23(3)43)33(48-22(2)42)36(8,9)51-24(4)44/h13,26,28-30,32-34H,14-20H2,1-12H3/t26-,28-,29-,30+,32-,33+,34-,37-,38-,39+,40-/m1/s1. The molecular weight excluding hydrogens is 672 g/mol.